The fourth-order valence-corrected chi connectivity index (χ4v) is 0.954. The highest BCUT2D eigenvalue weighted by atomic mass is 19.1. The van der Waals surface area contributed by atoms with E-state index in [2.05, 4.69) is 4.98 Å². The average molecular weight is 150 g/mol. The van der Waals surface area contributed by atoms with Gasteiger partial charge in [-0.1, -0.05) is 0 Å². The van der Waals surface area contributed by atoms with Gasteiger partial charge >= 0.3 is 0 Å². The molecule has 3 heteroatoms. The largest absolute Gasteiger partial charge is 0.224 e. The lowest BCUT2D eigenvalue weighted by atomic mass is 10.1. The zero-order chi connectivity index (χ0) is 8.43. The molecule has 0 bridgehead atoms. The van der Waals surface area contributed by atoms with E-state index in [1.165, 1.54) is 6.07 Å². The maximum atomic E-state index is 12.5. The topological polar surface area (TPSA) is 36.7 Å². The van der Waals surface area contributed by atoms with Crippen molar-refractivity contribution >= 4 is 0 Å². The second-order valence-electron chi connectivity index (χ2n) is 2.33. The molecule has 1 rings (SSSR count). The molecule has 0 fully saturated rings. The van der Waals surface area contributed by atoms with Gasteiger partial charge in [-0.3, -0.25) is 0 Å². The predicted molar refractivity (Wildman–Crippen MR) is 38.4 cm³/mol. The van der Waals surface area contributed by atoms with Crippen LogP contribution in [0.2, 0.25) is 0 Å². The van der Waals surface area contributed by atoms with Gasteiger partial charge in [0.15, 0.2) is 0 Å². The summed E-state index contributed by atoms with van der Waals surface area (Å²) in [6.07, 6.45) is 0. The molecule has 1 aromatic heterocycles. The van der Waals surface area contributed by atoms with Crippen LogP contribution in [-0.4, -0.2) is 4.98 Å². The first-order valence-corrected chi connectivity index (χ1v) is 3.19. The van der Waals surface area contributed by atoms with Crippen LogP contribution in [0.3, 0.4) is 0 Å². The van der Waals surface area contributed by atoms with E-state index in [0.717, 1.165) is 0 Å². The lowest BCUT2D eigenvalue weighted by Gasteiger charge is -1.99. The normalized spacial score (nSPS) is 9.27. The molecule has 0 atom stereocenters. The van der Waals surface area contributed by atoms with Crippen molar-refractivity contribution in [2.24, 2.45) is 0 Å². The van der Waals surface area contributed by atoms with Crippen molar-refractivity contribution in [3.05, 3.63) is 28.8 Å². The number of halogens is 1. The van der Waals surface area contributed by atoms with Gasteiger partial charge in [0, 0.05) is 0 Å². The molecule has 0 saturated carbocycles. The maximum absolute atomic E-state index is 12.5. The van der Waals surface area contributed by atoms with Crippen LogP contribution in [-0.2, 0) is 0 Å². The molecule has 0 radical (unpaired) electrons. The van der Waals surface area contributed by atoms with Gasteiger partial charge in [0.05, 0.1) is 11.3 Å². The van der Waals surface area contributed by atoms with E-state index >= 15 is 0 Å². The first kappa shape index (κ1) is 7.67. The van der Waals surface area contributed by atoms with Crippen LogP contribution in [0.15, 0.2) is 6.07 Å². The van der Waals surface area contributed by atoms with E-state index in [4.69, 9.17) is 5.26 Å². The lowest BCUT2D eigenvalue weighted by Crippen LogP contribution is -1.94. The van der Waals surface area contributed by atoms with Crippen LogP contribution in [0, 0.1) is 31.1 Å². The van der Waals surface area contributed by atoms with E-state index in [1.54, 1.807) is 13.8 Å². The average Bonchev–Trinajstić information content (AvgIpc) is 1.85. The summed E-state index contributed by atoms with van der Waals surface area (Å²) in [5.41, 5.74) is 1.55. The first-order chi connectivity index (χ1) is 5.15. The fourth-order valence-electron chi connectivity index (χ4n) is 0.954. The molecule has 0 N–H and O–H groups in total. The number of pyridine rings is 1. The van der Waals surface area contributed by atoms with E-state index < -0.39 is 5.95 Å². The van der Waals surface area contributed by atoms with Crippen LogP contribution < -0.4 is 0 Å². The van der Waals surface area contributed by atoms with Gasteiger partial charge in [0.2, 0.25) is 5.95 Å². The van der Waals surface area contributed by atoms with Crippen LogP contribution >= 0.6 is 0 Å². The zero-order valence-corrected chi connectivity index (χ0v) is 6.35. The minimum absolute atomic E-state index is 0.449. The third-order valence-corrected chi connectivity index (χ3v) is 1.48. The van der Waals surface area contributed by atoms with E-state index in [1.807, 2.05) is 6.07 Å². The Kier molecular flexibility index (Phi) is 1.86. The van der Waals surface area contributed by atoms with Gasteiger partial charge < -0.3 is 0 Å². The minimum Gasteiger partial charge on any atom is -0.224 e. The number of hydrogen-bond donors (Lipinski definition) is 0. The zero-order valence-electron chi connectivity index (χ0n) is 6.35. The molecule has 0 aliphatic rings. The Bertz CT molecular complexity index is 302. The van der Waals surface area contributed by atoms with Gasteiger partial charge in [-0.25, -0.2) is 4.98 Å². The maximum Gasteiger partial charge on any atom is 0.213 e. The molecular weight excluding hydrogens is 143 g/mol. The number of aryl methyl sites for hydroxylation is 2. The molecule has 1 heterocycles. The second-order valence-corrected chi connectivity index (χ2v) is 2.33. The minimum atomic E-state index is -0.529. The smallest absolute Gasteiger partial charge is 0.213 e. The molecule has 0 aliphatic heterocycles. The van der Waals surface area contributed by atoms with Crippen molar-refractivity contribution in [3.8, 4) is 6.07 Å². The summed E-state index contributed by atoms with van der Waals surface area (Å²) in [6.45, 7) is 3.31. The number of nitriles is 1. The standard InChI is InChI=1S/C8H7FN2/c1-5-3-8(9)11-6(2)7(5)4-10/h3H,1-2H3. The molecule has 56 valence electrons. The highest BCUT2D eigenvalue weighted by Gasteiger charge is 2.04. The summed E-state index contributed by atoms with van der Waals surface area (Å²) in [6, 6.07) is 3.22. The molecular formula is C8H7FN2. The van der Waals surface area contributed by atoms with Gasteiger partial charge in [0.25, 0.3) is 0 Å². The molecule has 0 aromatic carbocycles. The predicted octanol–water partition coefficient (Wildman–Crippen LogP) is 1.71. The molecule has 11 heavy (non-hydrogen) atoms. The van der Waals surface area contributed by atoms with Crippen LogP contribution in [0.25, 0.3) is 0 Å². The highest BCUT2D eigenvalue weighted by molar-refractivity contribution is 5.39. The van der Waals surface area contributed by atoms with E-state index in [-0.39, 0.29) is 0 Å². The Morgan fingerprint density at radius 3 is 2.64 bits per heavy atom. The summed E-state index contributed by atoms with van der Waals surface area (Å²) in [5.74, 6) is -0.529. The van der Waals surface area contributed by atoms with Crippen molar-refractivity contribution in [2.75, 3.05) is 0 Å². The summed E-state index contributed by atoms with van der Waals surface area (Å²) >= 11 is 0. The third kappa shape index (κ3) is 1.35. The molecule has 0 saturated heterocycles. The van der Waals surface area contributed by atoms with Gasteiger partial charge in [-0.2, -0.15) is 9.65 Å². The summed E-state index contributed by atoms with van der Waals surface area (Å²) in [5, 5.41) is 8.58. The van der Waals surface area contributed by atoms with Crippen molar-refractivity contribution in [1.29, 1.82) is 5.26 Å². The number of nitrogens with zero attached hydrogens (tertiary/aromatic N) is 2. The Balaban J connectivity index is 3.40. The van der Waals surface area contributed by atoms with E-state index in [0.29, 0.717) is 16.8 Å². The van der Waals surface area contributed by atoms with Gasteiger partial charge in [-0.05, 0) is 25.5 Å². The first-order valence-electron chi connectivity index (χ1n) is 3.19. The molecule has 0 spiro atoms. The lowest BCUT2D eigenvalue weighted by molar-refractivity contribution is 0.578. The SMILES string of the molecule is Cc1cc(F)nc(C)c1C#N. The highest BCUT2D eigenvalue weighted by Crippen LogP contribution is 2.10. The Labute approximate surface area is 64.3 Å². The fraction of sp³-hybridized carbons (Fsp3) is 0.250. The van der Waals surface area contributed by atoms with Crippen molar-refractivity contribution in [2.45, 2.75) is 13.8 Å². The van der Waals surface area contributed by atoms with Crippen LogP contribution in [0.4, 0.5) is 4.39 Å². The molecule has 0 amide bonds. The van der Waals surface area contributed by atoms with Gasteiger partial charge in [0.1, 0.15) is 6.07 Å². The quantitative estimate of drug-likeness (QED) is 0.528. The summed E-state index contributed by atoms with van der Waals surface area (Å²) < 4.78 is 12.5. The number of aromatic nitrogens is 1. The molecule has 0 unspecified atom stereocenters. The van der Waals surface area contributed by atoms with Crippen molar-refractivity contribution in [3.63, 3.8) is 0 Å². The number of rotatable bonds is 0. The van der Waals surface area contributed by atoms with E-state index in [9.17, 15) is 4.39 Å². The summed E-state index contributed by atoms with van der Waals surface area (Å²) in [7, 11) is 0. The molecule has 0 aliphatic carbocycles. The van der Waals surface area contributed by atoms with Crippen molar-refractivity contribution in [1.82, 2.24) is 4.98 Å². The van der Waals surface area contributed by atoms with Crippen molar-refractivity contribution < 1.29 is 4.39 Å². The Hall–Kier alpha value is -1.43. The molecule has 2 nitrogen and oxygen atoms in total. The third-order valence-electron chi connectivity index (χ3n) is 1.48. The Morgan fingerprint density at radius 2 is 2.18 bits per heavy atom. The second kappa shape index (κ2) is 2.67. The Morgan fingerprint density at radius 1 is 1.55 bits per heavy atom. The summed E-state index contributed by atoms with van der Waals surface area (Å²) in [4.78, 5) is 3.52. The number of hydrogen-bond acceptors (Lipinski definition) is 2. The molecule has 1 aromatic rings. The van der Waals surface area contributed by atoms with Crippen LogP contribution in [0.5, 0.6) is 0 Å². The monoisotopic (exact) mass is 150 g/mol. The van der Waals surface area contributed by atoms with Crippen LogP contribution in [0.1, 0.15) is 16.8 Å². The van der Waals surface area contributed by atoms with Gasteiger partial charge in [-0.15, -0.1) is 0 Å².